The molecule has 6 nitrogen and oxygen atoms in total. The molecule has 23 heavy (non-hydrogen) atoms. The molecule has 0 saturated heterocycles. The van der Waals surface area contributed by atoms with Crippen LogP contribution in [-0.4, -0.2) is 30.8 Å². The third-order valence-electron chi connectivity index (χ3n) is 2.02. The van der Waals surface area contributed by atoms with Crippen LogP contribution >= 0.6 is 11.3 Å². The number of nitrogens with two attached hydrogens (primary N) is 1. The van der Waals surface area contributed by atoms with Crippen molar-refractivity contribution in [3.05, 3.63) is 22.4 Å². The topological polar surface area (TPSA) is 90.7 Å². The highest BCUT2D eigenvalue weighted by Gasteiger charge is 2.12. The third-order valence-corrected chi connectivity index (χ3v) is 2.90. The van der Waals surface area contributed by atoms with Crippen LogP contribution < -0.4 is 11.1 Å². The van der Waals surface area contributed by atoms with Gasteiger partial charge in [-0.05, 0) is 32.2 Å². The van der Waals surface area contributed by atoms with E-state index in [4.69, 9.17) is 5.73 Å². The Kier molecular flexibility index (Phi) is 10.1. The predicted molar refractivity (Wildman–Crippen MR) is 83.2 cm³/mol. The lowest BCUT2D eigenvalue weighted by Crippen LogP contribution is -2.27. The smallest absolute Gasteiger partial charge is 0.405 e. The van der Waals surface area contributed by atoms with Crippen molar-refractivity contribution in [1.82, 2.24) is 5.32 Å². The third kappa shape index (κ3) is 14.9. The lowest BCUT2D eigenvalue weighted by atomic mass is 10.2. The number of rotatable bonds is 6. The molecule has 1 aromatic rings. The molecule has 0 unspecified atom stereocenters. The highest BCUT2D eigenvalue weighted by molar-refractivity contribution is 7.09. The van der Waals surface area contributed by atoms with Gasteiger partial charge >= 0.3 is 12.7 Å². The molecule has 2 amide bonds. The maximum absolute atomic E-state index is 11.5. The summed E-state index contributed by atoms with van der Waals surface area (Å²) in [7, 11) is 0. The molecule has 0 aromatic carbocycles. The maximum atomic E-state index is 11.5. The van der Waals surface area contributed by atoms with Crippen molar-refractivity contribution in [3.63, 3.8) is 0 Å². The molecule has 0 saturated carbocycles. The quantitative estimate of drug-likeness (QED) is 0.824. The van der Waals surface area contributed by atoms with Gasteiger partial charge in [0.2, 0.25) is 5.91 Å². The Hall–Kier alpha value is -1.74. The van der Waals surface area contributed by atoms with E-state index < -0.39 is 18.3 Å². The van der Waals surface area contributed by atoms with Gasteiger partial charge in [-0.25, -0.2) is 4.79 Å². The molecule has 0 fully saturated rings. The fourth-order valence-electron chi connectivity index (χ4n) is 1.23. The first-order valence-electron chi connectivity index (χ1n) is 6.77. The summed E-state index contributed by atoms with van der Waals surface area (Å²) in [6.45, 7) is 2.65. The van der Waals surface area contributed by atoms with Crippen molar-refractivity contribution in [1.29, 1.82) is 0 Å². The first-order chi connectivity index (χ1) is 10.6. The summed E-state index contributed by atoms with van der Waals surface area (Å²) in [6, 6.07) is 3.77. The molecule has 0 radical (unpaired) electrons. The summed E-state index contributed by atoms with van der Waals surface area (Å²) in [4.78, 5) is 22.1. The number of ether oxygens (including phenoxy) is 2. The van der Waals surface area contributed by atoms with Gasteiger partial charge in [0.15, 0.2) is 0 Å². The SMILES string of the molecule is CC(C)(C)OC(N)=O.O=C(CCOC(F)F)NCc1cccs1. The van der Waals surface area contributed by atoms with E-state index in [0.717, 1.165) is 4.88 Å². The minimum Gasteiger partial charge on any atom is -0.444 e. The van der Waals surface area contributed by atoms with E-state index in [0.29, 0.717) is 6.54 Å². The molecule has 1 rings (SSSR count). The van der Waals surface area contributed by atoms with E-state index in [-0.39, 0.29) is 18.9 Å². The van der Waals surface area contributed by atoms with Crippen LogP contribution in [0.5, 0.6) is 0 Å². The number of primary amides is 1. The number of hydrogen-bond acceptors (Lipinski definition) is 5. The second-order valence-electron chi connectivity index (χ2n) is 5.27. The molecule has 0 aliphatic carbocycles. The lowest BCUT2D eigenvalue weighted by Gasteiger charge is -2.16. The van der Waals surface area contributed by atoms with Gasteiger partial charge in [-0.15, -0.1) is 11.3 Å². The van der Waals surface area contributed by atoms with Crippen LogP contribution in [-0.2, 0) is 20.8 Å². The van der Waals surface area contributed by atoms with Crippen molar-refractivity contribution in [2.24, 2.45) is 5.73 Å². The van der Waals surface area contributed by atoms with Crippen LogP contribution in [0, 0.1) is 0 Å². The molecular formula is C14H22F2N2O4S. The average Bonchev–Trinajstić information content (AvgIpc) is 2.86. The molecule has 0 bridgehead atoms. The largest absolute Gasteiger partial charge is 0.444 e. The molecule has 9 heteroatoms. The summed E-state index contributed by atoms with van der Waals surface area (Å²) >= 11 is 1.53. The number of carbonyl (C=O) groups is 2. The van der Waals surface area contributed by atoms with Crippen LogP contribution in [0.25, 0.3) is 0 Å². The number of hydrogen-bond donors (Lipinski definition) is 2. The van der Waals surface area contributed by atoms with Gasteiger partial charge in [0.05, 0.1) is 19.6 Å². The molecule has 1 heterocycles. The monoisotopic (exact) mass is 352 g/mol. The molecule has 0 aliphatic heterocycles. The van der Waals surface area contributed by atoms with E-state index in [2.05, 4.69) is 14.8 Å². The van der Waals surface area contributed by atoms with Crippen molar-refractivity contribution in [2.75, 3.05) is 6.61 Å². The van der Waals surface area contributed by atoms with Crippen LogP contribution in [0.1, 0.15) is 32.1 Å². The Balaban J connectivity index is 0.000000515. The summed E-state index contributed by atoms with van der Waals surface area (Å²) in [5, 5.41) is 4.51. The molecule has 3 N–H and O–H groups in total. The normalized spacial score (nSPS) is 10.7. The second-order valence-corrected chi connectivity index (χ2v) is 6.30. The standard InChI is InChI=1S/C9H11F2NO2S.C5H11NO2/c10-9(11)14-4-3-8(13)12-6-7-2-1-5-15-7;1-5(2,3)8-4(6)7/h1-2,5,9H,3-4,6H2,(H,12,13);1-3H3,(H2,6,7). The van der Waals surface area contributed by atoms with E-state index in [1.54, 1.807) is 20.8 Å². The maximum Gasteiger partial charge on any atom is 0.405 e. The molecule has 1 aromatic heterocycles. The van der Waals surface area contributed by atoms with Crippen molar-refractivity contribution in [2.45, 2.75) is 45.9 Å². The minimum atomic E-state index is -2.81. The van der Waals surface area contributed by atoms with E-state index >= 15 is 0 Å². The Bertz CT molecular complexity index is 462. The van der Waals surface area contributed by atoms with Gasteiger partial charge in [0, 0.05) is 4.88 Å². The van der Waals surface area contributed by atoms with E-state index in [1.807, 2.05) is 17.5 Å². The Morgan fingerprint density at radius 2 is 2.04 bits per heavy atom. The zero-order valence-electron chi connectivity index (χ0n) is 13.3. The average molecular weight is 352 g/mol. The molecular weight excluding hydrogens is 330 g/mol. The first kappa shape index (κ1) is 21.3. The second kappa shape index (κ2) is 10.9. The number of nitrogens with one attached hydrogen (secondary N) is 1. The Morgan fingerprint density at radius 3 is 2.43 bits per heavy atom. The summed E-state index contributed by atoms with van der Waals surface area (Å²) in [6.07, 6.45) is -0.770. The first-order valence-corrected chi connectivity index (χ1v) is 7.65. The number of carbonyl (C=O) groups excluding carboxylic acids is 2. The minimum absolute atomic E-state index is 0.0459. The highest BCUT2D eigenvalue weighted by Crippen LogP contribution is 2.07. The zero-order chi connectivity index (χ0) is 17.9. The molecule has 0 spiro atoms. The molecule has 0 atom stereocenters. The number of thiophene rings is 1. The number of halogens is 2. The highest BCUT2D eigenvalue weighted by atomic mass is 32.1. The Morgan fingerprint density at radius 1 is 1.39 bits per heavy atom. The molecule has 132 valence electrons. The summed E-state index contributed by atoms with van der Waals surface area (Å²) in [5.41, 5.74) is 4.26. The number of amides is 2. The predicted octanol–water partition coefficient (Wildman–Crippen LogP) is 2.87. The lowest BCUT2D eigenvalue weighted by molar-refractivity contribution is -0.138. The molecule has 0 aliphatic rings. The summed E-state index contributed by atoms with van der Waals surface area (Å²) in [5.74, 6) is -0.288. The van der Waals surface area contributed by atoms with Crippen LogP contribution in [0.15, 0.2) is 17.5 Å². The number of alkyl halides is 2. The van der Waals surface area contributed by atoms with Gasteiger partial charge in [0.25, 0.3) is 0 Å². The van der Waals surface area contributed by atoms with Crippen LogP contribution in [0.4, 0.5) is 13.6 Å². The van der Waals surface area contributed by atoms with E-state index in [1.165, 1.54) is 11.3 Å². The fourth-order valence-corrected chi connectivity index (χ4v) is 1.87. The summed E-state index contributed by atoms with van der Waals surface area (Å²) < 4.78 is 31.6. The van der Waals surface area contributed by atoms with Crippen LogP contribution in [0.3, 0.4) is 0 Å². The van der Waals surface area contributed by atoms with Gasteiger partial charge < -0.3 is 20.5 Å². The van der Waals surface area contributed by atoms with Crippen molar-refractivity contribution < 1.29 is 27.8 Å². The van der Waals surface area contributed by atoms with Gasteiger partial charge in [-0.1, -0.05) is 6.07 Å². The van der Waals surface area contributed by atoms with Crippen LogP contribution in [0.2, 0.25) is 0 Å². The van der Waals surface area contributed by atoms with E-state index in [9.17, 15) is 18.4 Å². The van der Waals surface area contributed by atoms with Crippen molar-refractivity contribution in [3.8, 4) is 0 Å². The van der Waals surface area contributed by atoms with Gasteiger partial charge in [-0.3, -0.25) is 4.79 Å². The van der Waals surface area contributed by atoms with Gasteiger partial charge in [-0.2, -0.15) is 8.78 Å². The zero-order valence-corrected chi connectivity index (χ0v) is 14.1. The Labute approximate surface area is 137 Å². The van der Waals surface area contributed by atoms with Gasteiger partial charge in [0.1, 0.15) is 5.60 Å². The van der Waals surface area contributed by atoms with Crippen molar-refractivity contribution >= 4 is 23.3 Å². The fraction of sp³-hybridized carbons (Fsp3) is 0.571.